The summed E-state index contributed by atoms with van der Waals surface area (Å²) in [4.78, 5) is 19.8. The van der Waals surface area contributed by atoms with E-state index in [2.05, 4.69) is 20.2 Å². The van der Waals surface area contributed by atoms with E-state index in [-0.39, 0.29) is 5.69 Å². The van der Waals surface area contributed by atoms with Gasteiger partial charge < -0.3 is 15.0 Å². The van der Waals surface area contributed by atoms with Gasteiger partial charge in [-0.05, 0) is 13.8 Å². The van der Waals surface area contributed by atoms with Crippen LogP contribution in [0.25, 0.3) is 0 Å². The van der Waals surface area contributed by atoms with Gasteiger partial charge in [0.1, 0.15) is 23.8 Å². The van der Waals surface area contributed by atoms with Crippen molar-refractivity contribution in [2.24, 2.45) is 0 Å². The first-order valence-electron chi connectivity index (χ1n) is 5.97. The molecule has 3 N–H and O–H groups in total. The lowest BCUT2D eigenvalue weighted by Gasteiger charge is -2.06. The average Bonchev–Trinajstić information content (AvgIpc) is 2.97. The number of aromatic nitrogens is 5. The van der Waals surface area contributed by atoms with Gasteiger partial charge in [0, 0.05) is 13.0 Å². The number of nitrogens with zero attached hydrogens (tertiary/aromatic N) is 4. The Morgan fingerprint density at radius 3 is 3.00 bits per heavy atom. The Labute approximate surface area is 110 Å². The first-order chi connectivity index (χ1) is 9.13. The van der Waals surface area contributed by atoms with Crippen LogP contribution in [0.5, 0.6) is 0 Å². The molecule has 0 saturated carbocycles. The minimum Gasteiger partial charge on any atom is -0.461 e. The molecule has 2 heterocycles. The number of aromatic amines is 1. The van der Waals surface area contributed by atoms with E-state index in [1.807, 2.05) is 0 Å². The molecule has 19 heavy (non-hydrogen) atoms. The Bertz CT molecular complexity index is 560. The first-order valence-corrected chi connectivity index (χ1v) is 5.97. The number of imidazole rings is 1. The summed E-state index contributed by atoms with van der Waals surface area (Å²) in [5.41, 5.74) is 6.09. The first kappa shape index (κ1) is 13.1. The van der Waals surface area contributed by atoms with Gasteiger partial charge in [0.05, 0.1) is 6.61 Å². The van der Waals surface area contributed by atoms with Gasteiger partial charge in [-0.3, -0.25) is 5.10 Å². The zero-order valence-corrected chi connectivity index (χ0v) is 10.9. The maximum absolute atomic E-state index is 11.7. The Morgan fingerprint density at radius 1 is 1.58 bits per heavy atom. The van der Waals surface area contributed by atoms with Crippen molar-refractivity contribution >= 4 is 11.8 Å². The van der Waals surface area contributed by atoms with Crippen LogP contribution in [0.4, 0.5) is 5.82 Å². The quantitative estimate of drug-likeness (QED) is 0.752. The van der Waals surface area contributed by atoms with E-state index < -0.39 is 5.97 Å². The number of nitrogens with one attached hydrogen (secondary N) is 1. The number of esters is 1. The molecule has 0 unspecified atom stereocenters. The van der Waals surface area contributed by atoms with Crippen LogP contribution in [-0.4, -0.2) is 37.3 Å². The van der Waals surface area contributed by atoms with Gasteiger partial charge in [0.25, 0.3) is 0 Å². The molecule has 2 aromatic heterocycles. The van der Waals surface area contributed by atoms with Crippen LogP contribution in [0, 0.1) is 6.92 Å². The molecule has 0 radical (unpaired) electrons. The third-order valence-electron chi connectivity index (χ3n) is 2.70. The molecule has 0 aliphatic rings. The van der Waals surface area contributed by atoms with Crippen molar-refractivity contribution in [2.75, 3.05) is 12.3 Å². The number of aryl methyl sites for hydroxylation is 2. The number of anilines is 1. The lowest BCUT2D eigenvalue weighted by atomic mass is 10.4. The van der Waals surface area contributed by atoms with Crippen molar-refractivity contribution in [1.82, 2.24) is 24.7 Å². The molecule has 102 valence electrons. The Morgan fingerprint density at radius 2 is 2.37 bits per heavy atom. The average molecular weight is 264 g/mol. The number of ether oxygens (including phenoxy) is 1. The summed E-state index contributed by atoms with van der Waals surface area (Å²) in [6.45, 7) is 4.39. The summed E-state index contributed by atoms with van der Waals surface area (Å²) in [6, 6.07) is 0. The molecule has 0 aliphatic carbocycles. The van der Waals surface area contributed by atoms with Crippen LogP contribution in [0.3, 0.4) is 0 Å². The van der Waals surface area contributed by atoms with Gasteiger partial charge in [-0.2, -0.15) is 5.10 Å². The minimum atomic E-state index is -0.499. The maximum Gasteiger partial charge on any atom is 0.360 e. The topological polar surface area (TPSA) is 112 Å². The number of hydrogen-bond donors (Lipinski definition) is 2. The van der Waals surface area contributed by atoms with Crippen molar-refractivity contribution in [2.45, 2.75) is 26.8 Å². The maximum atomic E-state index is 11.7. The van der Waals surface area contributed by atoms with Gasteiger partial charge in [-0.25, -0.2) is 14.8 Å². The highest BCUT2D eigenvalue weighted by Gasteiger charge is 2.19. The molecule has 8 nitrogen and oxygen atoms in total. The van der Waals surface area contributed by atoms with E-state index in [1.165, 1.54) is 6.33 Å². The van der Waals surface area contributed by atoms with Crippen LogP contribution in [0.15, 0.2) is 6.33 Å². The third kappa shape index (κ3) is 2.72. The molecule has 0 aromatic carbocycles. The van der Waals surface area contributed by atoms with Crippen molar-refractivity contribution < 1.29 is 9.53 Å². The number of nitrogens with two attached hydrogens (primary N) is 1. The summed E-state index contributed by atoms with van der Waals surface area (Å²) in [6.07, 6.45) is 2.08. The van der Waals surface area contributed by atoms with Gasteiger partial charge in [0.15, 0.2) is 5.69 Å². The molecule has 0 saturated heterocycles. The molecule has 0 fully saturated rings. The second-order valence-corrected chi connectivity index (χ2v) is 3.95. The normalized spacial score (nSPS) is 10.6. The number of rotatable bonds is 5. The Hall–Kier alpha value is -2.38. The number of carbonyl (C=O) groups is 1. The Balaban J connectivity index is 2.14. The van der Waals surface area contributed by atoms with E-state index in [0.29, 0.717) is 31.2 Å². The molecule has 8 heteroatoms. The van der Waals surface area contributed by atoms with E-state index in [9.17, 15) is 4.79 Å². The standard InChI is InChI=1S/C11H16N6O2/c1-3-19-11(18)9-10(12)17(7(2)15-9)5-4-8-13-6-14-16-8/h6H,3-5,12H2,1-2H3,(H,13,14,16). The molecule has 2 aromatic rings. The smallest absolute Gasteiger partial charge is 0.360 e. The molecular weight excluding hydrogens is 248 g/mol. The fraction of sp³-hybridized carbons (Fsp3) is 0.455. The fourth-order valence-electron chi connectivity index (χ4n) is 1.78. The zero-order valence-electron chi connectivity index (χ0n) is 10.9. The highest BCUT2D eigenvalue weighted by Crippen LogP contribution is 2.15. The molecule has 0 spiro atoms. The summed E-state index contributed by atoms with van der Waals surface area (Å²) >= 11 is 0. The van der Waals surface area contributed by atoms with Crippen LogP contribution in [-0.2, 0) is 17.7 Å². The lowest BCUT2D eigenvalue weighted by Crippen LogP contribution is -2.11. The summed E-state index contributed by atoms with van der Waals surface area (Å²) < 4.78 is 6.66. The number of H-pyrrole nitrogens is 1. The van der Waals surface area contributed by atoms with Crippen LogP contribution >= 0.6 is 0 Å². The summed E-state index contributed by atoms with van der Waals surface area (Å²) in [7, 11) is 0. The second kappa shape index (κ2) is 5.51. The lowest BCUT2D eigenvalue weighted by molar-refractivity contribution is 0.0521. The van der Waals surface area contributed by atoms with Gasteiger partial charge in [-0.15, -0.1) is 0 Å². The fourth-order valence-corrected chi connectivity index (χ4v) is 1.78. The largest absolute Gasteiger partial charge is 0.461 e. The van der Waals surface area contributed by atoms with E-state index in [0.717, 1.165) is 5.82 Å². The molecule has 0 aliphatic heterocycles. The minimum absolute atomic E-state index is 0.164. The van der Waals surface area contributed by atoms with Gasteiger partial charge in [-0.1, -0.05) is 0 Å². The number of nitrogen functional groups attached to an aromatic ring is 1. The van der Waals surface area contributed by atoms with Crippen molar-refractivity contribution in [1.29, 1.82) is 0 Å². The van der Waals surface area contributed by atoms with Crippen molar-refractivity contribution in [3.05, 3.63) is 23.7 Å². The van der Waals surface area contributed by atoms with Gasteiger partial charge >= 0.3 is 5.97 Å². The van der Waals surface area contributed by atoms with Crippen molar-refractivity contribution in [3.63, 3.8) is 0 Å². The van der Waals surface area contributed by atoms with Gasteiger partial charge in [0.2, 0.25) is 0 Å². The molecule has 0 bridgehead atoms. The number of carbonyl (C=O) groups excluding carboxylic acids is 1. The van der Waals surface area contributed by atoms with Crippen LogP contribution in [0.2, 0.25) is 0 Å². The third-order valence-corrected chi connectivity index (χ3v) is 2.70. The molecule has 0 atom stereocenters. The second-order valence-electron chi connectivity index (χ2n) is 3.95. The van der Waals surface area contributed by atoms with Crippen LogP contribution in [0.1, 0.15) is 29.1 Å². The molecule has 0 amide bonds. The molecule has 2 rings (SSSR count). The number of hydrogen-bond acceptors (Lipinski definition) is 6. The molecular formula is C11H16N6O2. The summed E-state index contributed by atoms with van der Waals surface area (Å²) in [5, 5.41) is 6.54. The van der Waals surface area contributed by atoms with E-state index >= 15 is 0 Å². The monoisotopic (exact) mass is 264 g/mol. The highest BCUT2D eigenvalue weighted by molar-refractivity contribution is 5.92. The zero-order chi connectivity index (χ0) is 13.8. The summed E-state index contributed by atoms with van der Waals surface area (Å²) in [5.74, 6) is 1.24. The predicted octanol–water partition coefficient (Wildman–Crippen LogP) is 0.311. The Kier molecular flexibility index (Phi) is 3.79. The van der Waals surface area contributed by atoms with Crippen LogP contribution < -0.4 is 5.73 Å². The van der Waals surface area contributed by atoms with Crippen molar-refractivity contribution in [3.8, 4) is 0 Å². The SMILES string of the molecule is CCOC(=O)c1nc(C)n(CCc2ncn[nH]2)c1N. The van der Waals surface area contributed by atoms with E-state index in [4.69, 9.17) is 10.5 Å². The predicted molar refractivity (Wildman–Crippen MR) is 67.4 cm³/mol. The van der Waals surface area contributed by atoms with E-state index in [1.54, 1.807) is 18.4 Å². The highest BCUT2D eigenvalue weighted by atomic mass is 16.5.